The molecule has 7 N–H and O–H groups in total. The molecular weight excluding hydrogens is 1130 g/mol. The van der Waals surface area contributed by atoms with Gasteiger partial charge in [0.1, 0.15) is 17.9 Å². The van der Waals surface area contributed by atoms with Gasteiger partial charge in [-0.15, -0.1) is 0 Å². The van der Waals surface area contributed by atoms with E-state index in [9.17, 15) is 33.9 Å². The van der Waals surface area contributed by atoms with Gasteiger partial charge in [0.05, 0.1) is 159 Å². The highest BCUT2D eigenvalue weighted by molar-refractivity contribution is 5.87. The number of carboxylic acids is 1. The van der Waals surface area contributed by atoms with Gasteiger partial charge in [-0.2, -0.15) is 0 Å². The smallest absolute Gasteiger partial charge is 0.326 e. The fourth-order valence-corrected chi connectivity index (χ4v) is 8.29. The zero-order valence-electron chi connectivity index (χ0n) is 54.4. The van der Waals surface area contributed by atoms with Gasteiger partial charge in [-0.05, 0) is 51.5 Å². The molecular formula is C63H121N5O19. The second kappa shape index (κ2) is 64.0. The summed E-state index contributed by atoms with van der Waals surface area (Å²) >= 11 is 0. The van der Waals surface area contributed by atoms with Crippen LogP contribution >= 0.6 is 0 Å². The Kier molecular flexibility index (Phi) is 61.5. The van der Waals surface area contributed by atoms with Crippen LogP contribution in [0.5, 0.6) is 0 Å². The van der Waals surface area contributed by atoms with Crippen LogP contribution in [0, 0.1) is 5.41 Å². The summed E-state index contributed by atoms with van der Waals surface area (Å²) in [5.41, 5.74) is 5.25. The number of unbranched alkanes of at least 4 members (excludes halogenated alkanes) is 14. The average Bonchev–Trinajstić information content (AvgIpc) is 3.54. The van der Waals surface area contributed by atoms with Crippen LogP contribution in [-0.2, 0) is 85.6 Å². The van der Waals surface area contributed by atoms with Crippen molar-refractivity contribution in [1.29, 1.82) is 0 Å². The minimum Gasteiger partial charge on any atom is -0.480 e. The van der Waals surface area contributed by atoms with E-state index in [-0.39, 0.29) is 73.7 Å². The molecule has 0 aromatic heterocycles. The number of ether oxygens (including phenoxy) is 12. The van der Waals surface area contributed by atoms with Crippen LogP contribution in [0.3, 0.4) is 0 Å². The second-order valence-corrected chi connectivity index (χ2v) is 22.3. The fraction of sp³-hybridized carbons (Fsp3) is 0.905. The van der Waals surface area contributed by atoms with Crippen molar-refractivity contribution in [2.75, 3.05) is 178 Å². The molecule has 87 heavy (non-hydrogen) atoms. The van der Waals surface area contributed by atoms with Crippen molar-refractivity contribution in [3.05, 3.63) is 0 Å². The monoisotopic (exact) mass is 1250 g/mol. The summed E-state index contributed by atoms with van der Waals surface area (Å²) in [5, 5.41) is 20.7. The molecule has 0 spiro atoms. The predicted molar refractivity (Wildman–Crippen MR) is 333 cm³/mol. The van der Waals surface area contributed by atoms with Crippen molar-refractivity contribution >= 4 is 35.4 Å². The number of hydrogen-bond acceptors (Lipinski definition) is 19. The highest BCUT2D eigenvalue weighted by atomic mass is 16.6. The van der Waals surface area contributed by atoms with E-state index in [2.05, 4.69) is 28.2 Å². The molecule has 0 aromatic carbocycles. The summed E-state index contributed by atoms with van der Waals surface area (Å²) in [6, 6.07) is -1.92. The van der Waals surface area contributed by atoms with E-state index in [4.69, 9.17) is 62.6 Å². The number of carboxylic acid groups (broad SMARTS) is 1. The molecule has 4 amide bonds. The van der Waals surface area contributed by atoms with E-state index >= 15 is 0 Å². The van der Waals surface area contributed by atoms with Crippen molar-refractivity contribution in [2.24, 2.45) is 11.1 Å². The van der Waals surface area contributed by atoms with E-state index in [1.54, 1.807) is 0 Å². The predicted octanol–water partition coefficient (Wildman–Crippen LogP) is 6.04. The van der Waals surface area contributed by atoms with Gasteiger partial charge in [0, 0.05) is 44.2 Å². The lowest BCUT2D eigenvalue weighted by Gasteiger charge is -2.19. The quantitative estimate of drug-likeness (QED) is 0.0378. The molecule has 0 unspecified atom stereocenters. The SMILES string of the molecule is CCCCCCCCCCCCCCCC(=O)N[C@H](CCC(=O)NCCCC[C@@H](NC(=O)CCCCN)C(=O)NCCOCCOCCOCCOCCOCCOCCOCCOCCOCCOCCOCCOCCC(=O)C(C)(C)C)C(=O)O. The van der Waals surface area contributed by atoms with Crippen molar-refractivity contribution < 1.29 is 90.7 Å². The topological polar surface area (TPSA) is 308 Å². The fourth-order valence-electron chi connectivity index (χ4n) is 8.29. The average molecular weight is 1250 g/mol. The van der Waals surface area contributed by atoms with E-state index in [0.717, 1.165) is 19.3 Å². The third-order valence-corrected chi connectivity index (χ3v) is 13.5. The van der Waals surface area contributed by atoms with E-state index < -0.39 is 18.1 Å². The molecule has 512 valence electrons. The van der Waals surface area contributed by atoms with Crippen molar-refractivity contribution in [2.45, 2.75) is 187 Å². The first-order valence-corrected chi connectivity index (χ1v) is 32.8. The zero-order valence-corrected chi connectivity index (χ0v) is 54.4. The summed E-state index contributed by atoms with van der Waals surface area (Å²) < 4.78 is 66.2. The Hall–Kier alpha value is -3.50. The summed E-state index contributed by atoms with van der Waals surface area (Å²) in [5.74, 6) is -2.21. The first-order chi connectivity index (χ1) is 42.3. The van der Waals surface area contributed by atoms with Crippen molar-refractivity contribution in [3.8, 4) is 0 Å². The van der Waals surface area contributed by atoms with Crippen LogP contribution in [0.1, 0.15) is 175 Å². The van der Waals surface area contributed by atoms with Gasteiger partial charge >= 0.3 is 5.97 Å². The minimum absolute atomic E-state index is 0.0242. The molecule has 0 rings (SSSR count). The lowest BCUT2D eigenvalue weighted by molar-refractivity contribution is -0.142. The molecule has 0 aliphatic carbocycles. The third kappa shape index (κ3) is 61.2. The number of rotatable bonds is 69. The molecule has 0 fully saturated rings. The maximum absolute atomic E-state index is 13.1. The second-order valence-electron chi connectivity index (χ2n) is 22.3. The van der Waals surface area contributed by atoms with Gasteiger partial charge in [-0.3, -0.25) is 24.0 Å². The molecule has 0 aromatic rings. The minimum atomic E-state index is -1.17. The summed E-state index contributed by atoms with van der Waals surface area (Å²) in [7, 11) is 0. The number of aliphatic carboxylic acids is 1. The number of carbonyl (C=O) groups excluding carboxylic acids is 5. The third-order valence-electron chi connectivity index (χ3n) is 13.5. The molecule has 24 nitrogen and oxygen atoms in total. The van der Waals surface area contributed by atoms with Gasteiger partial charge in [0.15, 0.2) is 0 Å². The Morgan fingerprint density at radius 1 is 0.356 bits per heavy atom. The lowest BCUT2D eigenvalue weighted by Crippen LogP contribution is -2.47. The van der Waals surface area contributed by atoms with Crippen LogP contribution in [-0.4, -0.2) is 231 Å². The van der Waals surface area contributed by atoms with Crippen molar-refractivity contribution in [1.82, 2.24) is 21.3 Å². The summed E-state index contributed by atoms with van der Waals surface area (Å²) in [6.45, 7) is 19.3. The van der Waals surface area contributed by atoms with Crippen LogP contribution in [0.2, 0.25) is 0 Å². The molecule has 0 saturated heterocycles. The molecule has 0 saturated carbocycles. The van der Waals surface area contributed by atoms with Gasteiger partial charge in [-0.1, -0.05) is 105 Å². The largest absolute Gasteiger partial charge is 0.480 e. The standard InChI is InChI=1S/C63H121N5O19/c1-5-6-7-8-9-10-11-12-13-14-15-16-17-23-60(72)68-56(62(74)75)25-26-58(70)65-29-21-19-22-55(67-59(71)24-18-20-28-64)61(73)66-30-32-77-34-36-79-38-40-81-42-44-83-46-48-85-50-52-87-54-53-86-51-49-84-47-45-82-43-41-80-39-37-78-35-33-76-31-27-57(69)63(2,3)4/h55-56H,5-54,64H2,1-4H3,(H,65,70)(H,66,73)(H,67,71)(H,68,72)(H,74,75)/t55-,56-/m1/s1. The van der Waals surface area contributed by atoms with E-state index in [0.29, 0.717) is 210 Å². The van der Waals surface area contributed by atoms with Crippen LogP contribution in [0.25, 0.3) is 0 Å². The zero-order chi connectivity index (χ0) is 63.8. The molecule has 24 heteroatoms. The van der Waals surface area contributed by atoms with Crippen molar-refractivity contribution in [3.63, 3.8) is 0 Å². The van der Waals surface area contributed by atoms with E-state index in [1.807, 2.05) is 20.8 Å². The molecule has 0 aliphatic rings. The van der Waals surface area contributed by atoms with E-state index in [1.165, 1.54) is 57.8 Å². The number of carbonyl (C=O) groups is 6. The molecule has 0 radical (unpaired) electrons. The number of nitrogens with two attached hydrogens (primary N) is 1. The first-order valence-electron chi connectivity index (χ1n) is 32.8. The Bertz CT molecular complexity index is 1620. The summed E-state index contributed by atoms with van der Waals surface area (Å²) in [4.78, 5) is 74.5. The first kappa shape index (κ1) is 83.5. The molecule has 0 heterocycles. The molecule has 0 bridgehead atoms. The number of ketones is 1. The van der Waals surface area contributed by atoms with Gasteiger partial charge in [0.2, 0.25) is 23.6 Å². The number of hydrogen-bond donors (Lipinski definition) is 6. The summed E-state index contributed by atoms with van der Waals surface area (Å²) in [6.07, 6.45) is 19.1. The van der Waals surface area contributed by atoms with Gasteiger partial charge in [-0.25, -0.2) is 4.79 Å². The number of amides is 4. The van der Waals surface area contributed by atoms with Crippen LogP contribution in [0.4, 0.5) is 0 Å². The highest BCUT2D eigenvalue weighted by Gasteiger charge is 2.23. The maximum atomic E-state index is 13.1. The Morgan fingerprint density at radius 2 is 0.701 bits per heavy atom. The normalized spacial score (nSPS) is 12.3. The van der Waals surface area contributed by atoms with Crippen LogP contribution in [0.15, 0.2) is 0 Å². The number of Topliss-reactive ketones (excluding diaryl/α,β-unsaturated/α-hetero) is 1. The Balaban J connectivity index is 3.83. The van der Waals surface area contributed by atoms with Gasteiger partial charge < -0.3 is 88.9 Å². The molecule has 0 aliphatic heterocycles. The highest BCUT2D eigenvalue weighted by Crippen LogP contribution is 2.17. The lowest BCUT2D eigenvalue weighted by atomic mass is 9.89. The number of nitrogens with one attached hydrogen (secondary N) is 4. The maximum Gasteiger partial charge on any atom is 0.326 e. The molecule has 2 atom stereocenters. The van der Waals surface area contributed by atoms with Gasteiger partial charge in [0.25, 0.3) is 0 Å². The Labute approximate surface area is 522 Å². The Morgan fingerprint density at radius 3 is 1.07 bits per heavy atom. The van der Waals surface area contributed by atoms with Crippen LogP contribution < -0.4 is 27.0 Å².